The SMILES string of the molecule is CCc1nc(N2CC3CCCC3C2)cc(=O)[nH]1. The number of aromatic nitrogens is 2. The van der Waals surface area contributed by atoms with E-state index < -0.39 is 0 Å². The molecule has 0 aromatic carbocycles. The molecule has 2 fully saturated rings. The van der Waals surface area contributed by atoms with Crippen LogP contribution in [-0.4, -0.2) is 23.1 Å². The van der Waals surface area contributed by atoms with Gasteiger partial charge in [0.1, 0.15) is 11.6 Å². The van der Waals surface area contributed by atoms with Crippen molar-refractivity contribution < 1.29 is 0 Å². The van der Waals surface area contributed by atoms with Gasteiger partial charge in [-0.25, -0.2) is 4.98 Å². The highest BCUT2D eigenvalue weighted by molar-refractivity contribution is 5.39. The molecule has 92 valence electrons. The van der Waals surface area contributed by atoms with Gasteiger partial charge in [-0.1, -0.05) is 13.3 Å². The Labute approximate surface area is 101 Å². The van der Waals surface area contributed by atoms with Crippen LogP contribution in [0.5, 0.6) is 0 Å². The summed E-state index contributed by atoms with van der Waals surface area (Å²) in [6, 6.07) is 1.64. The fourth-order valence-electron chi connectivity index (χ4n) is 3.25. The summed E-state index contributed by atoms with van der Waals surface area (Å²) in [5.74, 6) is 3.34. The van der Waals surface area contributed by atoms with Crippen LogP contribution >= 0.6 is 0 Å². The molecule has 1 saturated carbocycles. The van der Waals surface area contributed by atoms with E-state index >= 15 is 0 Å². The predicted octanol–water partition coefficient (Wildman–Crippen LogP) is 1.57. The topological polar surface area (TPSA) is 49.0 Å². The molecule has 2 aliphatic rings. The maximum absolute atomic E-state index is 11.6. The lowest BCUT2D eigenvalue weighted by Crippen LogP contribution is -2.25. The molecule has 0 radical (unpaired) electrons. The molecule has 1 aromatic rings. The first kappa shape index (κ1) is 10.8. The minimum atomic E-state index is -0.0242. The zero-order valence-corrected chi connectivity index (χ0v) is 10.3. The molecule has 1 saturated heterocycles. The van der Waals surface area contributed by atoms with Crippen molar-refractivity contribution in [1.29, 1.82) is 0 Å². The van der Waals surface area contributed by atoms with E-state index in [9.17, 15) is 4.79 Å². The summed E-state index contributed by atoms with van der Waals surface area (Å²) in [6.07, 6.45) is 4.87. The van der Waals surface area contributed by atoms with Crippen molar-refractivity contribution in [1.82, 2.24) is 9.97 Å². The van der Waals surface area contributed by atoms with Crippen molar-refractivity contribution >= 4 is 5.82 Å². The van der Waals surface area contributed by atoms with Gasteiger partial charge in [0.05, 0.1) is 0 Å². The van der Waals surface area contributed by atoms with Crippen molar-refractivity contribution in [2.45, 2.75) is 32.6 Å². The Hall–Kier alpha value is -1.32. The first-order chi connectivity index (χ1) is 8.26. The standard InChI is InChI=1S/C13H19N3O/c1-2-11-14-12(6-13(17)15-11)16-7-9-4-3-5-10(9)8-16/h6,9-10H,2-5,7-8H2,1H3,(H,14,15,17). The van der Waals surface area contributed by atoms with Crippen molar-refractivity contribution in [3.8, 4) is 0 Å². The fourth-order valence-corrected chi connectivity index (χ4v) is 3.25. The van der Waals surface area contributed by atoms with Gasteiger partial charge in [0, 0.05) is 25.6 Å². The number of H-pyrrole nitrogens is 1. The smallest absolute Gasteiger partial charge is 0.252 e. The van der Waals surface area contributed by atoms with Gasteiger partial charge >= 0.3 is 0 Å². The van der Waals surface area contributed by atoms with Gasteiger partial charge in [0.25, 0.3) is 5.56 Å². The highest BCUT2D eigenvalue weighted by Gasteiger charge is 2.36. The van der Waals surface area contributed by atoms with E-state index in [1.54, 1.807) is 6.07 Å². The number of nitrogens with one attached hydrogen (secondary N) is 1. The van der Waals surface area contributed by atoms with Gasteiger partial charge in [-0.05, 0) is 24.7 Å². The molecule has 2 unspecified atom stereocenters. The quantitative estimate of drug-likeness (QED) is 0.843. The molecule has 1 aromatic heterocycles. The molecule has 1 N–H and O–H groups in total. The fraction of sp³-hybridized carbons (Fsp3) is 0.692. The summed E-state index contributed by atoms with van der Waals surface area (Å²) in [6.45, 7) is 4.19. The van der Waals surface area contributed by atoms with Crippen molar-refractivity contribution in [2.75, 3.05) is 18.0 Å². The van der Waals surface area contributed by atoms with Crippen LogP contribution in [0.3, 0.4) is 0 Å². The summed E-state index contributed by atoms with van der Waals surface area (Å²) in [5, 5.41) is 0. The lowest BCUT2D eigenvalue weighted by Gasteiger charge is -2.18. The predicted molar refractivity (Wildman–Crippen MR) is 67.3 cm³/mol. The molecule has 17 heavy (non-hydrogen) atoms. The highest BCUT2D eigenvalue weighted by Crippen LogP contribution is 2.38. The molecule has 0 amide bonds. The van der Waals surface area contributed by atoms with E-state index in [1.807, 2.05) is 6.92 Å². The van der Waals surface area contributed by atoms with Crippen LogP contribution in [0.25, 0.3) is 0 Å². The Kier molecular flexibility index (Phi) is 2.65. The summed E-state index contributed by atoms with van der Waals surface area (Å²) in [4.78, 5) is 21.2. The van der Waals surface area contributed by atoms with Crippen LogP contribution in [0.1, 0.15) is 32.0 Å². The van der Waals surface area contributed by atoms with Crippen LogP contribution < -0.4 is 10.5 Å². The number of nitrogens with zero attached hydrogens (tertiary/aromatic N) is 2. The van der Waals surface area contributed by atoms with E-state index in [0.717, 1.165) is 43.0 Å². The molecule has 1 aliphatic carbocycles. The van der Waals surface area contributed by atoms with E-state index in [1.165, 1.54) is 19.3 Å². The average molecular weight is 233 g/mol. The zero-order chi connectivity index (χ0) is 11.8. The lowest BCUT2D eigenvalue weighted by molar-refractivity contribution is 0.494. The van der Waals surface area contributed by atoms with Crippen LogP contribution in [0.15, 0.2) is 10.9 Å². The molecule has 2 atom stereocenters. The summed E-state index contributed by atoms with van der Waals surface area (Å²) < 4.78 is 0. The second kappa shape index (κ2) is 4.17. The average Bonchev–Trinajstić information content (AvgIpc) is 2.88. The first-order valence-electron chi connectivity index (χ1n) is 6.61. The zero-order valence-electron chi connectivity index (χ0n) is 10.3. The Bertz CT molecular complexity index is 456. The summed E-state index contributed by atoms with van der Waals surface area (Å²) in [7, 11) is 0. The van der Waals surface area contributed by atoms with Crippen LogP contribution in [0.4, 0.5) is 5.82 Å². The number of hydrogen-bond donors (Lipinski definition) is 1. The molecular formula is C13H19N3O. The monoisotopic (exact) mass is 233 g/mol. The summed E-state index contributed by atoms with van der Waals surface area (Å²) in [5.41, 5.74) is -0.0242. The number of hydrogen-bond acceptors (Lipinski definition) is 3. The molecular weight excluding hydrogens is 214 g/mol. The minimum absolute atomic E-state index is 0.0242. The van der Waals surface area contributed by atoms with E-state index in [4.69, 9.17) is 0 Å². The lowest BCUT2D eigenvalue weighted by atomic mass is 10.0. The van der Waals surface area contributed by atoms with Gasteiger partial charge in [0.2, 0.25) is 0 Å². The minimum Gasteiger partial charge on any atom is -0.356 e. The third-order valence-corrected chi connectivity index (χ3v) is 4.16. The van der Waals surface area contributed by atoms with E-state index in [2.05, 4.69) is 14.9 Å². The Balaban J connectivity index is 1.85. The van der Waals surface area contributed by atoms with Crippen molar-refractivity contribution in [3.63, 3.8) is 0 Å². The van der Waals surface area contributed by atoms with Crippen molar-refractivity contribution in [3.05, 3.63) is 22.2 Å². The molecule has 4 heteroatoms. The first-order valence-corrected chi connectivity index (χ1v) is 6.61. The van der Waals surface area contributed by atoms with Gasteiger partial charge in [-0.2, -0.15) is 0 Å². The molecule has 0 bridgehead atoms. The summed E-state index contributed by atoms with van der Waals surface area (Å²) >= 11 is 0. The number of anilines is 1. The van der Waals surface area contributed by atoms with Crippen LogP contribution in [-0.2, 0) is 6.42 Å². The third-order valence-electron chi connectivity index (χ3n) is 4.16. The maximum Gasteiger partial charge on any atom is 0.252 e. The van der Waals surface area contributed by atoms with Gasteiger partial charge in [0.15, 0.2) is 0 Å². The Morgan fingerprint density at radius 2 is 2.12 bits per heavy atom. The second-order valence-electron chi connectivity index (χ2n) is 5.26. The Morgan fingerprint density at radius 1 is 1.41 bits per heavy atom. The third kappa shape index (κ3) is 1.96. The molecule has 1 aliphatic heterocycles. The second-order valence-corrected chi connectivity index (χ2v) is 5.26. The van der Waals surface area contributed by atoms with Crippen LogP contribution in [0, 0.1) is 11.8 Å². The van der Waals surface area contributed by atoms with Gasteiger partial charge in [-0.3, -0.25) is 4.79 Å². The molecule has 2 heterocycles. The normalized spacial score (nSPS) is 27.5. The number of rotatable bonds is 2. The molecule has 0 spiro atoms. The number of aromatic amines is 1. The number of fused-ring (bicyclic) bond motifs is 1. The van der Waals surface area contributed by atoms with Gasteiger partial charge in [-0.15, -0.1) is 0 Å². The van der Waals surface area contributed by atoms with Crippen molar-refractivity contribution in [2.24, 2.45) is 11.8 Å². The van der Waals surface area contributed by atoms with Gasteiger partial charge < -0.3 is 9.88 Å². The van der Waals surface area contributed by atoms with E-state index in [-0.39, 0.29) is 5.56 Å². The highest BCUT2D eigenvalue weighted by atomic mass is 16.1. The maximum atomic E-state index is 11.6. The molecule has 4 nitrogen and oxygen atoms in total. The molecule has 3 rings (SSSR count). The Morgan fingerprint density at radius 3 is 2.76 bits per heavy atom. The van der Waals surface area contributed by atoms with Crippen LogP contribution in [0.2, 0.25) is 0 Å². The van der Waals surface area contributed by atoms with E-state index in [0.29, 0.717) is 0 Å². The largest absolute Gasteiger partial charge is 0.356 e. The number of aryl methyl sites for hydroxylation is 1.